The number of ether oxygens (including phenoxy) is 1. The molecule has 2 atom stereocenters. The minimum Gasteiger partial charge on any atom is -0.466 e. The Hall–Kier alpha value is -1.66. The van der Waals surface area contributed by atoms with Crippen LogP contribution in [0.25, 0.3) is 0 Å². The van der Waals surface area contributed by atoms with Crippen LogP contribution < -0.4 is 5.32 Å². The minimum atomic E-state index is -0.844. The summed E-state index contributed by atoms with van der Waals surface area (Å²) < 4.78 is 5.51. The fourth-order valence-electron chi connectivity index (χ4n) is 12.5. The van der Waals surface area contributed by atoms with Crippen LogP contribution in [0.5, 0.6) is 0 Å². The number of amides is 1. The summed E-state index contributed by atoms with van der Waals surface area (Å²) in [4.78, 5) is 24.7. The molecule has 6 nitrogen and oxygen atoms in total. The van der Waals surface area contributed by atoms with Crippen molar-refractivity contribution in [1.82, 2.24) is 5.32 Å². The summed E-state index contributed by atoms with van der Waals surface area (Å²) in [5.41, 5.74) is 0. The van der Waals surface area contributed by atoms with Gasteiger partial charge < -0.3 is 20.3 Å². The van der Waals surface area contributed by atoms with Gasteiger partial charge in [0.25, 0.3) is 0 Å². The number of carbonyl (C=O) groups excluding carboxylic acids is 2. The first-order valence-corrected chi connectivity index (χ1v) is 39.1. The Balaban J connectivity index is 3.37. The summed E-state index contributed by atoms with van der Waals surface area (Å²) in [5.74, 6) is -0.0443. The van der Waals surface area contributed by atoms with E-state index in [2.05, 4.69) is 31.3 Å². The molecule has 3 N–H and O–H groups in total. The molecule has 504 valence electrons. The SMILES string of the molecule is CCCCCCCCC/C=C\CCCCCCCCCC(=O)OCCCCCCCCCCCCCCCCCCCCCCCCCCCCCC(=O)NC(CO)C(O)/C=C/CCCCCCCCCCCCCCCCCCCCCCC. The zero-order valence-electron chi connectivity index (χ0n) is 57.9. The van der Waals surface area contributed by atoms with Gasteiger partial charge in [-0.15, -0.1) is 0 Å². The van der Waals surface area contributed by atoms with Gasteiger partial charge in [0.15, 0.2) is 0 Å². The van der Waals surface area contributed by atoms with Gasteiger partial charge in [0.2, 0.25) is 5.91 Å². The van der Waals surface area contributed by atoms with Crippen LogP contribution in [0.15, 0.2) is 24.3 Å². The standard InChI is InChI=1S/C79H153NO5/c1-3-5-7-9-11-13-15-17-19-21-23-24-30-33-36-39-43-47-51-55-59-63-67-71-77(82)76(75-81)80-78(83)72-68-64-60-56-52-48-44-40-37-34-31-28-26-25-27-29-32-35-38-42-46-50-54-58-62-66-70-74-85-79(84)73-69-65-61-57-53-49-45-41-22-20-18-16-14-12-10-8-6-4-2/h20,22,67,71,76-77,81-82H,3-19,21,23-66,68-70,72-75H2,1-2H3,(H,80,83)/b22-20-,71-67+. The van der Waals surface area contributed by atoms with Crippen molar-refractivity contribution in [3.63, 3.8) is 0 Å². The zero-order valence-corrected chi connectivity index (χ0v) is 57.9. The van der Waals surface area contributed by atoms with Crippen LogP contribution in [0.2, 0.25) is 0 Å². The van der Waals surface area contributed by atoms with Crippen LogP contribution in [0.1, 0.15) is 444 Å². The van der Waals surface area contributed by atoms with Gasteiger partial charge in [0.1, 0.15) is 0 Å². The van der Waals surface area contributed by atoms with Crippen molar-refractivity contribution >= 4 is 11.9 Å². The predicted octanol–water partition coefficient (Wildman–Crippen LogP) is 25.7. The van der Waals surface area contributed by atoms with Gasteiger partial charge in [-0.05, 0) is 57.8 Å². The molecule has 1 amide bonds. The molecule has 0 aromatic heterocycles. The highest BCUT2D eigenvalue weighted by atomic mass is 16.5. The lowest BCUT2D eigenvalue weighted by molar-refractivity contribution is -0.143. The van der Waals surface area contributed by atoms with E-state index in [9.17, 15) is 19.8 Å². The number of nitrogens with one attached hydrogen (secondary N) is 1. The highest BCUT2D eigenvalue weighted by Crippen LogP contribution is 2.20. The first kappa shape index (κ1) is 83.3. The monoisotopic (exact) mass is 1200 g/mol. The smallest absolute Gasteiger partial charge is 0.305 e. The van der Waals surface area contributed by atoms with Gasteiger partial charge in [0.05, 0.1) is 25.4 Å². The molecule has 0 aromatic rings. The van der Waals surface area contributed by atoms with Crippen molar-refractivity contribution in [3.05, 3.63) is 24.3 Å². The Labute approximate surface area is 532 Å². The van der Waals surface area contributed by atoms with E-state index in [0.29, 0.717) is 19.4 Å². The maximum atomic E-state index is 12.5. The average molecular weight is 1200 g/mol. The number of unbranched alkanes of at least 4 members (excludes halogenated alkanes) is 61. The number of aliphatic hydroxyl groups is 2. The molecule has 2 unspecified atom stereocenters. The molecule has 0 saturated carbocycles. The number of allylic oxidation sites excluding steroid dienone is 3. The predicted molar refractivity (Wildman–Crippen MR) is 375 cm³/mol. The molecule has 0 rings (SSSR count). The van der Waals surface area contributed by atoms with Gasteiger partial charge >= 0.3 is 5.97 Å². The van der Waals surface area contributed by atoms with Crippen molar-refractivity contribution in [3.8, 4) is 0 Å². The van der Waals surface area contributed by atoms with Gasteiger partial charge in [-0.2, -0.15) is 0 Å². The van der Waals surface area contributed by atoms with Crippen LogP contribution in [-0.2, 0) is 14.3 Å². The number of aliphatic hydroxyl groups excluding tert-OH is 2. The quantitative estimate of drug-likeness (QED) is 0.0320. The first-order valence-electron chi connectivity index (χ1n) is 39.1. The first-order chi connectivity index (χ1) is 42.0. The van der Waals surface area contributed by atoms with Gasteiger partial charge in [0, 0.05) is 12.8 Å². The van der Waals surface area contributed by atoms with E-state index < -0.39 is 12.1 Å². The Bertz CT molecular complexity index is 1330. The summed E-state index contributed by atoms with van der Waals surface area (Å²) >= 11 is 0. The Morgan fingerprint density at radius 1 is 0.318 bits per heavy atom. The van der Waals surface area contributed by atoms with Crippen LogP contribution in [0.4, 0.5) is 0 Å². The molecule has 0 spiro atoms. The fraction of sp³-hybridized carbons (Fsp3) is 0.924. The molecule has 0 bridgehead atoms. The lowest BCUT2D eigenvalue weighted by Gasteiger charge is -2.20. The van der Waals surface area contributed by atoms with Crippen molar-refractivity contribution in [2.75, 3.05) is 13.2 Å². The third-order valence-corrected chi connectivity index (χ3v) is 18.5. The van der Waals surface area contributed by atoms with E-state index in [1.807, 2.05) is 6.08 Å². The molecule has 6 heteroatoms. The molecule has 0 aliphatic rings. The summed E-state index contributed by atoms with van der Waals surface area (Å²) in [6.45, 7) is 4.95. The topological polar surface area (TPSA) is 95.9 Å². The third kappa shape index (κ3) is 71.3. The van der Waals surface area contributed by atoms with E-state index in [0.717, 1.165) is 44.9 Å². The average Bonchev–Trinajstić information content (AvgIpc) is 3.51. The zero-order chi connectivity index (χ0) is 61.3. The van der Waals surface area contributed by atoms with Crippen LogP contribution in [-0.4, -0.2) is 47.4 Å². The van der Waals surface area contributed by atoms with Crippen LogP contribution >= 0.6 is 0 Å². The van der Waals surface area contributed by atoms with E-state index in [4.69, 9.17) is 4.74 Å². The van der Waals surface area contributed by atoms with Gasteiger partial charge in [-0.3, -0.25) is 9.59 Å². The van der Waals surface area contributed by atoms with Crippen molar-refractivity contribution in [2.24, 2.45) is 0 Å². The Morgan fingerprint density at radius 3 is 0.835 bits per heavy atom. The summed E-state index contributed by atoms with van der Waals surface area (Å²) in [6.07, 6.45) is 95.7. The van der Waals surface area contributed by atoms with E-state index in [1.165, 1.54) is 372 Å². The van der Waals surface area contributed by atoms with E-state index in [-0.39, 0.29) is 18.5 Å². The van der Waals surface area contributed by atoms with Crippen molar-refractivity contribution < 1.29 is 24.5 Å². The van der Waals surface area contributed by atoms with Crippen molar-refractivity contribution in [2.45, 2.75) is 456 Å². The molecular formula is C79H153NO5. The second-order valence-electron chi connectivity index (χ2n) is 27.0. The lowest BCUT2D eigenvalue weighted by Crippen LogP contribution is -2.45. The van der Waals surface area contributed by atoms with E-state index in [1.54, 1.807) is 6.08 Å². The summed E-state index contributed by atoms with van der Waals surface area (Å²) in [5, 5.41) is 23.3. The normalized spacial score (nSPS) is 12.6. The van der Waals surface area contributed by atoms with Crippen LogP contribution in [0.3, 0.4) is 0 Å². The Morgan fingerprint density at radius 2 is 0.553 bits per heavy atom. The number of hydrogen-bond acceptors (Lipinski definition) is 5. The second-order valence-corrected chi connectivity index (χ2v) is 27.0. The number of esters is 1. The molecule has 0 aliphatic carbocycles. The van der Waals surface area contributed by atoms with E-state index >= 15 is 0 Å². The minimum absolute atomic E-state index is 0.0159. The largest absolute Gasteiger partial charge is 0.466 e. The number of rotatable bonds is 74. The molecule has 0 heterocycles. The number of carbonyl (C=O) groups is 2. The summed E-state index contributed by atoms with van der Waals surface area (Å²) in [7, 11) is 0. The highest BCUT2D eigenvalue weighted by molar-refractivity contribution is 5.76. The molecule has 0 aliphatic heterocycles. The highest BCUT2D eigenvalue weighted by Gasteiger charge is 2.18. The molecule has 0 saturated heterocycles. The second kappa shape index (κ2) is 74.8. The maximum absolute atomic E-state index is 12.5. The van der Waals surface area contributed by atoms with Gasteiger partial charge in [-0.25, -0.2) is 0 Å². The lowest BCUT2D eigenvalue weighted by atomic mass is 10.0. The molecule has 85 heavy (non-hydrogen) atoms. The molecule has 0 radical (unpaired) electrons. The summed E-state index contributed by atoms with van der Waals surface area (Å²) in [6, 6.07) is -0.627. The Kier molecular flexibility index (Phi) is 73.3. The fourth-order valence-corrected chi connectivity index (χ4v) is 12.5. The molecule has 0 fully saturated rings. The molecular weight excluding hydrogens is 1040 g/mol. The third-order valence-electron chi connectivity index (χ3n) is 18.5. The van der Waals surface area contributed by atoms with Gasteiger partial charge in [-0.1, -0.05) is 398 Å². The number of hydrogen-bond donors (Lipinski definition) is 3. The maximum Gasteiger partial charge on any atom is 0.305 e. The molecule has 0 aromatic carbocycles. The van der Waals surface area contributed by atoms with Crippen LogP contribution in [0, 0.1) is 0 Å². The van der Waals surface area contributed by atoms with Crippen molar-refractivity contribution in [1.29, 1.82) is 0 Å².